The van der Waals surface area contributed by atoms with Gasteiger partial charge in [-0.3, -0.25) is 9.22 Å². The SMILES string of the molecule is CCN1CCS(=O)C(C)=N1. The van der Waals surface area contributed by atoms with Crippen LogP contribution in [0, 0.1) is 0 Å². The molecule has 1 aliphatic rings. The standard InChI is InChI=1S/C6H12N2OS/c1-3-8-4-5-10(9)6(2)7-8/h3-5H2,1-2H3. The van der Waals surface area contributed by atoms with Gasteiger partial charge in [0.05, 0.1) is 10.8 Å². The Bertz CT molecular complexity index is 179. The molecule has 0 aromatic rings. The highest BCUT2D eigenvalue weighted by atomic mass is 32.2. The number of nitrogens with zero attached hydrogens (tertiary/aromatic N) is 2. The topological polar surface area (TPSA) is 32.7 Å². The summed E-state index contributed by atoms with van der Waals surface area (Å²) >= 11 is 0. The van der Waals surface area contributed by atoms with Gasteiger partial charge in [-0.15, -0.1) is 0 Å². The van der Waals surface area contributed by atoms with Gasteiger partial charge in [-0.25, -0.2) is 0 Å². The summed E-state index contributed by atoms with van der Waals surface area (Å²) in [6.45, 7) is 5.61. The van der Waals surface area contributed by atoms with Crippen LogP contribution < -0.4 is 0 Å². The zero-order valence-electron chi connectivity index (χ0n) is 6.33. The predicted octanol–water partition coefficient (Wildman–Crippen LogP) is 0.404. The highest BCUT2D eigenvalue weighted by Gasteiger charge is 2.12. The summed E-state index contributed by atoms with van der Waals surface area (Å²) < 4.78 is 11.0. The third kappa shape index (κ3) is 1.56. The lowest BCUT2D eigenvalue weighted by molar-refractivity contribution is 0.321. The molecule has 1 atom stereocenters. The molecule has 0 saturated carbocycles. The fourth-order valence-electron chi connectivity index (χ4n) is 0.860. The highest BCUT2D eigenvalue weighted by Crippen LogP contribution is 2.01. The summed E-state index contributed by atoms with van der Waals surface area (Å²) in [5.74, 6) is 0.739. The van der Waals surface area contributed by atoms with E-state index in [1.807, 2.05) is 18.9 Å². The van der Waals surface area contributed by atoms with E-state index in [0.29, 0.717) is 0 Å². The molecule has 0 N–H and O–H groups in total. The van der Waals surface area contributed by atoms with Gasteiger partial charge in [0.25, 0.3) is 0 Å². The minimum atomic E-state index is -0.799. The zero-order chi connectivity index (χ0) is 7.56. The van der Waals surface area contributed by atoms with E-state index in [9.17, 15) is 4.21 Å². The molecule has 58 valence electrons. The van der Waals surface area contributed by atoms with E-state index in [2.05, 4.69) is 5.10 Å². The number of rotatable bonds is 1. The van der Waals surface area contributed by atoms with E-state index in [1.54, 1.807) is 0 Å². The summed E-state index contributed by atoms with van der Waals surface area (Å²) in [5, 5.41) is 6.83. The average molecular weight is 160 g/mol. The quantitative estimate of drug-likeness (QED) is 0.556. The summed E-state index contributed by atoms with van der Waals surface area (Å²) in [5.41, 5.74) is 0. The van der Waals surface area contributed by atoms with Crippen LogP contribution >= 0.6 is 0 Å². The van der Waals surface area contributed by atoms with Crippen LogP contribution in [-0.2, 0) is 10.8 Å². The van der Waals surface area contributed by atoms with E-state index in [4.69, 9.17) is 0 Å². The Morgan fingerprint density at radius 3 is 3.00 bits per heavy atom. The van der Waals surface area contributed by atoms with Crippen molar-refractivity contribution in [1.29, 1.82) is 0 Å². The van der Waals surface area contributed by atoms with Gasteiger partial charge in [-0.1, -0.05) is 0 Å². The summed E-state index contributed by atoms with van der Waals surface area (Å²) in [4.78, 5) is 0. The number of hydrazone groups is 1. The maximum absolute atomic E-state index is 11.0. The molecule has 0 saturated heterocycles. The average Bonchev–Trinajstić information content (AvgIpc) is 1.95. The van der Waals surface area contributed by atoms with Gasteiger partial charge in [0, 0.05) is 18.8 Å². The Morgan fingerprint density at radius 2 is 2.50 bits per heavy atom. The molecule has 0 aromatic carbocycles. The van der Waals surface area contributed by atoms with Crippen molar-refractivity contribution in [2.45, 2.75) is 13.8 Å². The van der Waals surface area contributed by atoms with Gasteiger partial charge in [0.15, 0.2) is 0 Å². The Balaban J connectivity index is 2.65. The Kier molecular flexibility index (Phi) is 2.43. The monoisotopic (exact) mass is 160 g/mol. The van der Waals surface area contributed by atoms with Crippen molar-refractivity contribution in [1.82, 2.24) is 5.01 Å². The smallest absolute Gasteiger partial charge is 0.121 e. The van der Waals surface area contributed by atoms with Gasteiger partial charge in [-0.2, -0.15) is 5.10 Å². The summed E-state index contributed by atoms with van der Waals surface area (Å²) in [6, 6.07) is 0. The molecule has 1 rings (SSSR count). The first-order chi connectivity index (χ1) is 4.74. The molecule has 0 bridgehead atoms. The first kappa shape index (κ1) is 7.72. The lowest BCUT2D eigenvalue weighted by Gasteiger charge is -2.21. The van der Waals surface area contributed by atoms with Crippen LogP contribution in [0.15, 0.2) is 5.10 Å². The first-order valence-electron chi connectivity index (χ1n) is 3.42. The summed E-state index contributed by atoms with van der Waals surface area (Å²) in [6.07, 6.45) is 0. The van der Waals surface area contributed by atoms with E-state index >= 15 is 0 Å². The van der Waals surface area contributed by atoms with Crippen molar-refractivity contribution in [3.8, 4) is 0 Å². The molecule has 10 heavy (non-hydrogen) atoms. The zero-order valence-corrected chi connectivity index (χ0v) is 7.15. The molecule has 4 heteroatoms. The lowest BCUT2D eigenvalue weighted by atomic mass is 10.6. The Morgan fingerprint density at radius 1 is 1.80 bits per heavy atom. The van der Waals surface area contributed by atoms with Crippen LogP contribution in [0.4, 0.5) is 0 Å². The van der Waals surface area contributed by atoms with Crippen molar-refractivity contribution in [2.75, 3.05) is 18.8 Å². The molecule has 0 spiro atoms. The molecular weight excluding hydrogens is 148 g/mol. The minimum Gasteiger partial charge on any atom is -0.296 e. The molecule has 0 radical (unpaired) electrons. The minimum absolute atomic E-state index is 0.739. The fourth-order valence-corrected chi connectivity index (χ4v) is 1.74. The molecule has 0 aliphatic carbocycles. The second-order valence-electron chi connectivity index (χ2n) is 2.21. The van der Waals surface area contributed by atoms with Gasteiger partial charge < -0.3 is 0 Å². The maximum atomic E-state index is 11.0. The number of hydrogen-bond donors (Lipinski definition) is 0. The van der Waals surface area contributed by atoms with Gasteiger partial charge in [0.1, 0.15) is 5.04 Å². The number of hydrogen-bond acceptors (Lipinski definition) is 3. The summed E-state index contributed by atoms with van der Waals surface area (Å²) in [7, 11) is -0.799. The lowest BCUT2D eigenvalue weighted by Crippen LogP contribution is -2.31. The third-order valence-corrected chi connectivity index (χ3v) is 2.81. The van der Waals surface area contributed by atoms with Crippen LogP contribution in [0.1, 0.15) is 13.8 Å². The maximum Gasteiger partial charge on any atom is 0.121 e. The van der Waals surface area contributed by atoms with Gasteiger partial charge >= 0.3 is 0 Å². The first-order valence-corrected chi connectivity index (χ1v) is 4.74. The van der Waals surface area contributed by atoms with Gasteiger partial charge in [0.2, 0.25) is 0 Å². The predicted molar refractivity (Wildman–Crippen MR) is 43.4 cm³/mol. The molecule has 1 unspecified atom stereocenters. The molecular formula is C6H12N2OS. The van der Waals surface area contributed by atoms with Crippen molar-refractivity contribution >= 4 is 15.8 Å². The second-order valence-corrected chi connectivity index (χ2v) is 3.91. The van der Waals surface area contributed by atoms with Crippen LogP contribution in [0.5, 0.6) is 0 Å². The van der Waals surface area contributed by atoms with Crippen LogP contribution in [-0.4, -0.2) is 33.1 Å². The molecule has 3 nitrogen and oxygen atoms in total. The highest BCUT2D eigenvalue weighted by molar-refractivity contribution is 8.00. The van der Waals surface area contributed by atoms with Crippen molar-refractivity contribution in [3.63, 3.8) is 0 Å². The normalized spacial score (nSPS) is 26.4. The fraction of sp³-hybridized carbons (Fsp3) is 0.833. The molecule has 1 heterocycles. The van der Waals surface area contributed by atoms with E-state index in [-0.39, 0.29) is 0 Å². The van der Waals surface area contributed by atoms with E-state index in [1.165, 1.54) is 0 Å². The van der Waals surface area contributed by atoms with Crippen LogP contribution in [0.2, 0.25) is 0 Å². The van der Waals surface area contributed by atoms with E-state index < -0.39 is 10.8 Å². The van der Waals surface area contributed by atoms with Crippen LogP contribution in [0.25, 0.3) is 0 Å². The Labute approximate surface area is 63.6 Å². The van der Waals surface area contributed by atoms with Crippen molar-refractivity contribution in [2.24, 2.45) is 5.10 Å². The van der Waals surface area contributed by atoms with Gasteiger partial charge in [-0.05, 0) is 13.8 Å². The molecule has 0 aromatic heterocycles. The molecule has 0 fully saturated rings. The van der Waals surface area contributed by atoms with Crippen molar-refractivity contribution in [3.05, 3.63) is 0 Å². The largest absolute Gasteiger partial charge is 0.296 e. The Hall–Kier alpha value is -0.380. The van der Waals surface area contributed by atoms with E-state index in [0.717, 1.165) is 23.9 Å². The van der Waals surface area contributed by atoms with Crippen molar-refractivity contribution < 1.29 is 4.21 Å². The van der Waals surface area contributed by atoms with Crippen LogP contribution in [0.3, 0.4) is 0 Å². The molecule has 0 amide bonds. The third-order valence-electron chi connectivity index (χ3n) is 1.51. The second kappa shape index (κ2) is 3.14. The molecule has 1 aliphatic heterocycles.